The Morgan fingerprint density at radius 1 is 0.955 bits per heavy atom. The molecule has 44 heavy (non-hydrogen) atoms. The van der Waals surface area contributed by atoms with Crippen molar-refractivity contribution in [2.24, 2.45) is 5.92 Å². The van der Waals surface area contributed by atoms with Crippen LogP contribution in [0.5, 0.6) is 5.75 Å². The number of aromatic carboxylic acids is 1. The van der Waals surface area contributed by atoms with Gasteiger partial charge in [-0.05, 0) is 73.1 Å². The number of carbonyl (C=O) groups is 1. The van der Waals surface area contributed by atoms with Crippen molar-refractivity contribution in [2.75, 3.05) is 0 Å². The van der Waals surface area contributed by atoms with Gasteiger partial charge < -0.3 is 9.84 Å². The number of rotatable bonds is 10. The lowest BCUT2D eigenvalue weighted by Gasteiger charge is -2.28. The Bertz CT molecular complexity index is 1750. The molecule has 0 bridgehead atoms. The van der Waals surface area contributed by atoms with Crippen LogP contribution in [0.3, 0.4) is 0 Å². The predicted octanol–water partition coefficient (Wildman–Crippen LogP) is 7.50. The second-order valence-electron chi connectivity index (χ2n) is 12.2. The molecule has 3 aromatic carbocycles. The zero-order valence-corrected chi connectivity index (χ0v) is 24.9. The first-order chi connectivity index (χ1) is 21.5. The smallest absolute Gasteiger partial charge is 0.339 e. The highest BCUT2D eigenvalue weighted by atomic mass is 16.5. The van der Waals surface area contributed by atoms with Gasteiger partial charge in [0.05, 0.1) is 35.9 Å². The third-order valence-electron chi connectivity index (χ3n) is 9.20. The lowest BCUT2D eigenvalue weighted by atomic mass is 9.86. The average Bonchev–Trinajstić information content (AvgIpc) is 3.47. The van der Waals surface area contributed by atoms with Crippen molar-refractivity contribution >= 4 is 5.97 Å². The summed E-state index contributed by atoms with van der Waals surface area (Å²) in [6, 6.07) is 26.5. The third kappa shape index (κ3) is 5.89. The monoisotopic (exact) mass is 587 g/mol. The molecule has 0 amide bonds. The fraction of sp³-hybridized carbons (Fsp3) is 0.333. The van der Waals surface area contributed by atoms with Gasteiger partial charge in [0.15, 0.2) is 0 Å². The summed E-state index contributed by atoms with van der Waals surface area (Å²) in [5.74, 6) is 0.596. The highest BCUT2D eigenvalue weighted by molar-refractivity contribution is 5.89. The van der Waals surface area contributed by atoms with Gasteiger partial charge in [0.1, 0.15) is 11.3 Å². The van der Waals surface area contributed by atoms with Crippen LogP contribution in [0.25, 0.3) is 16.8 Å². The fourth-order valence-corrected chi connectivity index (χ4v) is 6.72. The molecule has 2 aromatic heterocycles. The molecule has 2 fully saturated rings. The SMILES string of the molecule is C[C@H](Oc1cccc(-c2cccc(-n3ncc(C(=O)O)c3[C@@H]3C[C@H]3c3cn(Cc4ccccc4)nn3)c2)c1)C1CCCCC1. The summed E-state index contributed by atoms with van der Waals surface area (Å²) < 4.78 is 10.0. The summed E-state index contributed by atoms with van der Waals surface area (Å²) >= 11 is 0. The maximum Gasteiger partial charge on any atom is 0.339 e. The molecule has 0 radical (unpaired) electrons. The molecule has 0 spiro atoms. The second-order valence-corrected chi connectivity index (χ2v) is 12.2. The van der Waals surface area contributed by atoms with Gasteiger partial charge in [-0.2, -0.15) is 5.10 Å². The lowest BCUT2D eigenvalue weighted by Crippen LogP contribution is -2.25. The predicted molar refractivity (Wildman–Crippen MR) is 168 cm³/mol. The maximum atomic E-state index is 12.3. The zero-order valence-electron chi connectivity index (χ0n) is 24.9. The van der Waals surface area contributed by atoms with Gasteiger partial charge in [0, 0.05) is 18.0 Å². The van der Waals surface area contributed by atoms with Crippen LogP contribution >= 0.6 is 0 Å². The van der Waals surface area contributed by atoms with Gasteiger partial charge in [0.25, 0.3) is 0 Å². The Hall–Kier alpha value is -4.72. The van der Waals surface area contributed by atoms with Crippen molar-refractivity contribution in [1.82, 2.24) is 24.8 Å². The van der Waals surface area contributed by atoms with Gasteiger partial charge >= 0.3 is 5.97 Å². The number of aromatic nitrogens is 5. The van der Waals surface area contributed by atoms with Gasteiger partial charge in [-0.15, -0.1) is 5.10 Å². The number of nitrogens with zero attached hydrogens (tertiary/aromatic N) is 5. The van der Waals surface area contributed by atoms with Crippen molar-refractivity contribution in [3.8, 4) is 22.6 Å². The standard InChI is InChI=1S/C36H37N5O3/c1-24(26-12-6-3-7-13-26)44-30-17-9-15-28(19-30)27-14-8-16-29(18-27)41-35(33(21-37-41)36(42)43)32-20-31(32)34-23-40(39-38-34)22-25-10-4-2-5-11-25/h2,4-5,8-11,14-19,21,23-24,26,31-32H,3,6-7,12-13,20,22H2,1H3,(H,42,43)/t24-,31+,32+/m0/s1. The van der Waals surface area contributed by atoms with E-state index >= 15 is 0 Å². The minimum absolute atomic E-state index is 0.00728. The van der Waals surface area contributed by atoms with Gasteiger partial charge in [-0.25, -0.2) is 14.2 Å². The quantitative estimate of drug-likeness (QED) is 0.182. The van der Waals surface area contributed by atoms with E-state index < -0.39 is 5.97 Å². The van der Waals surface area contributed by atoms with Crippen LogP contribution in [0.15, 0.2) is 91.3 Å². The largest absolute Gasteiger partial charge is 0.490 e. The minimum atomic E-state index is -0.974. The van der Waals surface area contributed by atoms with E-state index in [-0.39, 0.29) is 23.5 Å². The number of carboxylic acids is 1. The molecule has 3 atom stereocenters. The molecular formula is C36H37N5O3. The van der Waals surface area contributed by atoms with E-state index in [0.29, 0.717) is 18.2 Å². The molecule has 0 saturated heterocycles. The maximum absolute atomic E-state index is 12.3. The molecule has 7 rings (SSSR count). The molecule has 224 valence electrons. The summed E-state index contributed by atoms with van der Waals surface area (Å²) in [4.78, 5) is 12.3. The molecule has 2 heterocycles. The van der Waals surface area contributed by atoms with Crippen LogP contribution in [0, 0.1) is 5.92 Å². The van der Waals surface area contributed by atoms with E-state index in [1.807, 2.05) is 53.3 Å². The van der Waals surface area contributed by atoms with E-state index in [4.69, 9.17) is 4.74 Å². The minimum Gasteiger partial charge on any atom is -0.490 e. The summed E-state index contributed by atoms with van der Waals surface area (Å²) in [7, 11) is 0. The first kappa shape index (κ1) is 28.1. The Labute approximate surface area is 257 Å². The summed E-state index contributed by atoms with van der Waals surface area (Å²) in [6.07, 6.45) is 10.8. The van der Waals surface area contributed by atoms with E-state index in [0.717, 1.165) is 40.2 Å². The molecule has 1 N–H and O–H groups in total. The van der Waals surface area contributed by atoms with Crippen molar-refractivity contribution in [3.63, 3.8) is 0 Å². The summed E-state index contributed by atoms with van der Waals surface area (Å²) in [5, 5.41) is 23.4. The average molecular weight is 588 g/mol. The second kappa shape index (κ2) is 12.1. The van der Waals surface area contributed by atoms with Crippen LogP contribution in [-0.2, 0) is 6.54 Å². The molecule has 5 aromatic rings. The number of benzene rings is 3. The molecular weight excluding hydrogens is 550 g/mol. The number of hydrogen-bond donors (Lipinski definition) is 1. The Kier molecular flexibility index (Phi) is 7.73. The highest BCUT2D eigenvalue weighted by Gasteiger charge is 2.46. The lowest BCUT2D eigenvalue weighted by molar-refractivity contribution is 0.0695. The van der Waals surface area contributed by atoms with Crippen molar-refractivity contribution < 1.29 is 14.6 Å². The van der Waals surface area contributed by atoms with Crippen LogP contribution in [0.4, 0.5) is 0 Å². The van der Waals surface area contributed by atoms with Crippen molar-refractivity contribution in [2.45, 2.75) is 69.9 Å². The van der Waals surface area contributed by atoms with Crippen molar-refractivity contribution in [1.29, 1.82) is 0 Å². The van der Waals surface area contributed by atoms with Crippen molar-refractivity contribution in [3.05, 3.63) is 114 Å². The Morgan fingerprint density at radius 2 is 1.73 bits per heavy atom. The molecule has 8 nitrogen and oxygen atoms in total. The van der Waals surface area contributed by atoms with E-state index in [9.17, 15) is 9.90 Å². The number of hydrogen-bond acceptors (Lipinski definition) is 5. The van der Waals surface area contributed by atoms with E-state index in [2.05, 4.69) is 58.7 Å². The summed E-state index contributed by atoms with van der Waals surface area (Å²) in [6.45, 7) is 2.83. The Morgan fingerprint density at radius 3 is 2.52 bits per heavy atom. The van der Waals surface area contributed by atoms with Crippen LogP contribution in [0.1, 0.15) is 84.6 Å². The van der Waals surface area contributed by atoms with Gasteiger partial charge in [0.2, 0.25) is 0 Å². The molecule has 8 heteroatoms. The normalized spacial score (nSPS) is 19.0. The number of ether oxygens (including phenoxy) is 1. The van der Waals surface area contributed by atoms with Gasteiger partial charge in [-0.1, -0.05) is 79.1 Å². The number of carboxylic acid groups (broad SMARTS) is 1. The first-order valence-electron chi connectivity index (χ1n) is 15.7. The summed E-state index contributed by atoms with van der Waals surface area (Å²) in [5.41, 5.74) is 5.85. The zero-order chi connectivity index (χ0) is 30.0. The molecule has 2 saturated carbocycles. The fourth-order valence-electron chi connectivity index (χ4n) is 6.72. The van der Waals surface area contributed by atoms with Crippen LogP contribution in [-0.4, -0.2) is 42.0 Å². The molecule has 0 unspecified atom stereocenters. The Balaban J connectivity index is 1.12. The van der Waals surface area contributed by atoms with E-state index in [1.165, 1.54) is 38.3 Å². The van der Waals surface area contributed by atoms with Gasteiger partial charge in [-0.3, -0.25) is 0 Å². The highest BCUT2D eigenvalue weighted by Crippen LogP contribution is 2.55. The first-order valence-corrected chi connectivity index (χ1v) is 15.7. The molecule has 2 aliphatic rings. The topological polar surface area (TPSA) is 95.1 Å². The third-order valence-corrected chi connectivity index (χ3v) is 9.20. The van der Waals surface area contributed by atoms with E-state index in [1.54, 1.807) is 4.68 Å². The van der Waals surface area contributed by atoms with Crippen LogP contribution in [0.2, 0.25) is 0 Å². The van der Waals surface area contributed by atoms with Crippen LogP contribution < -0.4 is 4.74 Å². The molecule has 2 aliphatic carbocycles. The molecule has 0 aliphatic heterocycles.